The summed E-state index contributed by atoms with van der Waals surface area (Å²) in [6.45, 7) is 2.78. The second kappa shape index (κ2) is 6.05. The van der Waals surface area contributed by atoms with Gasteiger partial charge in [-0.1, -0.05) is 0 Å². The van der Waals surface area contributed by atoms with Gasteiger partial charge in [0.2, 0.25) is 0 Å². The fraction of sp³-hybridized carbons (Fsp3) is 0.900. The van der Waals surface area contributed by atoms with E-state index < -0.39 is 0 Å². The van der Waals surface area contributed by atoms with Gasteiger partial charge < -0.3 is 15.2 Å². The van der Waals surface area contributed by atoms with Crippen molar-refractivity contribution < 1.29 is 9.47 Å². The van der Waals surface area contributed by atoms with E-state index in [0.717, 1.165) is 26.1 Å². The highest BCUT2D eigenvalue weighted by atomic mass is 16.5. The normalized spacial score (nSPS) is 27.1. The Kier molecular flexibility index (Phi) is 5.01. The molecule has 0 amide bonds. The molecule has 0 saturated carbocycles. The monoisotopic (exact) mass is 215 g/mol. The topological polar surface area (TPSA) is 71.6 Å². The summed E-state index contributed by atoms with van der Waals surface area (Å²) in [4.78, 5) is 2.30. The molecule has 1 aliphatic heterocycles. The molecule has 5 heteroatoms. The zero-order valence-corrected chi connectivity index (χ0v) is 9.53. The maximum absolute atomic E-state index is 7.13. The third-order valence-electron chi connectivity index (χ3n) is 2.82. The zero-order valence-electron chi connectivity index (χ0n) is 9.53. The minimum atomic E-state index is 0.173. The number of amidine groups is 1. The van der Waals surface area contributed by atoms with Gasteiger partial charge in [0.1, 0.15) is 0 Å². The largest absolute Gasteiger partial charge is 0.388 e. The number of hydrogen-bond donors (Lipinski definition) is 2. The predicted molar refractivity (Wildman–Crippen MR) is 59.2 cm³/mol. The Morgan fingerprint density at radius 3 is 2.27 bits per heavy atom. The molecule has 0 bridgehead atoms. The zero-order chi connectivity index (χ0) is 11.3. The van der Waals surface area contributed by atoms with Crippen molar-refractivity contribution >= 4 is 5.84 Å². The van der Waals surface area contributed by atoms with Gasteiger partial charge in [0, 0.05) is 33.7 Å². The fourth-order valence-electron chi connectivity index (χ4n) is 1.95. The van der Waals surface area contributed by atoms with Crippen molar-refractivity contribution in [2.45, 2.75) is 25.0 Å². The van der Waals surface area contributed by atoms with E-state index in [-0.39, 0.29) is 18.0 Å². The second-order valence-corrected chi connectivity index (χ2v) is 3.94. The highest BCUT2D eigenvalue weighted by Gasteiger charge is 2.32. The van der Waals surface area contributed by atoms with Crippen molar-refractivity contribution in [2.75, 3.05) is 33.9 Å². The van der Waals surface area contributed by atoms with E-state index >= 15 is 0 Å². The number of methoxy groups -OCH3 is 2. The van der Waals surface area contributed by atoms with Crippen molar-refractivity contribution in [1.82, 2.24) is 4.90 Å². The molecule has 2 unspecified atom stereocenters. The summed E-state index contributed by atoms with van der Waals surface area (Å²) < 4.78 is 10.7. The lowest BCUT2D eigenvalue weighted by molar-refractivity contribution is -0.00461. The first-order valence-electron chi connectivity index (χ1n) is 5.28. The van der Waals surface area contributed by atoms with E-state index in [1.54, 1.807) is 14.2 Å². The van der Waals surface area contributed by atoms with Crippen LogP contribution in [0.3, 0.4) is 0 Å². The molecule has 15 heavy (non-hydrogen) atoms. The van der Waals surface area contributed by atoms with Crippen LogP contribution in [0, 0.1) is 5.41 Å². The Morgan fingerprint density at radius 1 is 1.33 bits per heavy atom. The predicted octanol–water partition coefficient (Wildman–Crippen LogP) is 0.0482. The maximum atomic E-state index is 7.13. The summed E-state index contributed by atoms with van der Waals surface area (Å²) in [6.07, 6.45) is 1.95. The van der Waals surface area contributed by atoms with Crippen LogP contribution in [0.4, 0.5) is 0 Å². The van der Waals surface area contributed by atoms with Gasteiger partial charge in [0.25, 0.3) is 0 Å². The van der Waals surface area contributed by atoms with Crippen LogP contribution in [0.15, 0.2) is 0 Å². The molecule has 5 nitrogen and oxygen atoms in total. The molecule has 2 atom stereocenters. The quantitative estimate of drug-likeness (QED) is 0.485. The lowest BCUT2D eigenvalue weighted by Crippen LogP contribution is -2.27. The summed E-state index contributed by atoms with van der Waals surface area (Å²) in [6, 6.07) is 0. The third-order valence-corrected chi connectivity index (χ3v) is 2.82. The molecule has 0 aromatic carbocycles. The molecule has 0 aliphatic carbocycles. The lowest BCUT2D eigenvalue weighted by Gasteiger charge is -2.14. The van der Waals surface area contributed by atoms with Gasteiger partial charge in [-0.2, -0.15) is 0 Å². The molecule has 1 aliphatic rings. The van der Waals surface area contributed by atoms with Gasteiger partial charge in [-0.15, -0.1) is 0 Å². The summed E-state index contributed by atoms with van der Waals surface area (Å²) in [7, 11) is 3.44. The minimum absolute atomic E-state index is 0.173. The molecule has 0 spiro atoms. The number of ether oxygens (including phenoxy) is 2. The van der Waals surface area contributed by atoms with Gasteiger partial charge >= 0.3 is 0 Å². The molecule has 1 heterocycles. The lowest BCUT2D eigenvalue weighted by atomic mass is 10.3. The highest BCUT2D eigenvalue weighted by Crippen LogP contribution is 2.15. The van der Waals surface area contributed by atoms with Crippen LogP contribution in [0.2, 0.25) is 0 Å². The summed E-state index contributed by atoms with van der Waals surface area (Å²) in [5, 5.41) is 7.13. The smallest absolute Gasteiger partial charge is 0.0971 e. The fourth-order valence-corrected chi connectivity index (χ4v) is 1.95. The average Bonchev–Trinajstić information content (AvgIpc) is 2.59. The number of likely N-dealkylation sites (tertiary alicyclic amines) is 1. The Morgan fingerprint density at radius 2 is 1.87 bits per heavy atom. The van der Waals surface area contributed by atoms with Gasteiger partial charge in [-0.3, -0.25) is 10.3 Å². The second-order valence-electron chi connectivity index (χ2n) is 3.94. The molecule has 1 saturated heterocycles. The van der Waals surface area contributed by atoms with Crippen molar-refractivity contribution in [3.63, 3.8) is 0 Å². The Labute approximate surface area is 91.0 Å². The number of nitrogens with one attached hydrogen (secondary N) is 1. The van der Waals surface area contributed by atoms with Gasteiger partial charge in [-0.05, 0) is 13.0 Å². The first kappa shape index (κ1) is 12.4. The summed E-state index contributed by atoms with van der Waals surface area (Å²) in [5.74, 6) is 0.265. The maximum Gasteiger partial charge on any atom is 0.0971 e. The van der Waals surface area contributed by atoms with E-state index in [1.807, 2.05) is 0 Å². The molecule has 0 radical (unpaired) electrons. The number of nitrogens with zero attached hydrogens (tertiary/aromatic N) is 1. The molecule has 0 aromatic heterocycles. The van der Waals surface area contributed by atoms with E-state index in [9.17, 15) is 0 Å². The molecule has 1 fully saturated rings. The van der Waals surface area contributed by atoms with Gasteiger partial charge in [0.05, 0.1) is 18.0 Å². The Balaban J connectivity index is 2.24. The van der Waals surface area contributed by atoms with Crippen LogP contribution >= 0.6 is 0 Å². The van der Waals surface area contributed by atoms with E-state index in [0.29, 0.717) is 6.42 Å². The number of hydrogen-bond acceptors (Lipinski definition) is 4. The van der Waals surface area contributed by atoms with Gasteiger partial charge in [-0.25, -0.2) is 0 Å². The molecular weight excluding hydrogens is 194 g/mol. The van der Waals surface area contributed by atoms with Crippen LogP contribution in [0.5, 0.6) is 0 Å². The van der Waals surface area contributed by atoms with Crippen molar-refractivity contribution in [3.05, 3.63) is 0 Å². The first-order chi connectivity index (χ1) is 7.17. The van der Waals surface area contributed by atoms with Crippen LogP contribution in [0.1, 0.15) is 12.8 Å². The van der Waals surface area contributed by atoms with Crippen molar-refractivity contribution in [1.29, 1.82) is 5.41 Å². The van der Waals surface area contributed by atoms with Crippen molar-refractivity contribution in [3.8, 4) is 0 Å². The van der Waals surface area contributed by atoms with Gasteiger partial charge in [0.15, 0.2) is 0 Å². The van der Waals surface area contributed by atoms with E-state index in [4.69, 9.17) is 20.6 Å². The first-order valence-corrected chi connectivity index (χ1v) is 5.28. The number of rotatable bonds is 6. The number of nitrogens with two attached hydrogens (primary N) is 1. The third kappa shape index (κ3) is 3.77. The molecular formula is C10H21N3O2. The van der Waals surface area contributed by atoms with Crippen LogP contribution < -0.4 is 5.73 Å². The summed E-state index contributed by atoms with van der Waals surface area (Å²) in [5.41, 5.74) is 5.30. The summed E-state index contributed by atoms with van der Waals surface area (Å²) >= 11 is 0. The molecule has 88 valence electrons. The highest BCUT2D eigenvalue weighted by molar-refractivity contribution is 5.76. The van der Waals surface area contributed by atoms with Crippen molar-refractivity contribution in [2.24, 2.45) is 5.73 Å². The minimum Gasteiger partial charge on any atom is -0.388 e. The SMILES string of the molecule is COC1CN(CCCC(=N)N)CC1OC. The van der Waals surface area contributed by atoms with Crippen LogP contribution in [0.25, 0.3) is 0 Å². The van der Waals surface area contributed by atoms with E-state index in [2.05, 4.69) is 4.90 Å². The molecule has 3 N–H and O–H groups in total. The average molecular weight is 215 g/mol. The van der Waals surface area contributed by atoms with Crippen LogP contribution in [-0.2, 0) is 9.47 Å². The standard InChI is InChI=1S/C10H21N3O2/c1-14-8-6-13(7-9(8)15-2)5-3-4-10(11)12/h8-9H,3-7H2,1-2H3,(H3,11,12). The molecule has 0 aromatic rings. The van der Waals surface area contributed by atoms with Crippen LogP contribution in [-0.4, -0.2) is 56.8 Å². The molecule has 1 rings (SSSR count). The Hall–Kier alpha value is -0.650. The van der Waals surface area contributed by atoms with E-state index in [1.165, 1.54) is 0 Å². The Bertz CT molecular complexity index is 199.